The Morgan fingerprint density at radius 3 is 2.50 bits per heavy atom. The van der Waals surface area contributed by atoms with Gasteiger partial charge in [0.25, 0.3) is 5.91 Å². The van der Waals surface area contributed by atoms with Gasteiger partial charge in [0.1, 0.15) is 17.1 Å². The number of ether oxygens (including phenoxy) is 1. The lowest BCUT2D eigenvalue weighted by atomic mass is 10.0. The van der Waals surface area contributed by atoms with Crippen molar-refractivity contribution in [3.8, 4) is 5.75 Å². The zero-order valence-electron chi connectivity index (χ0n) is 16.5. The van der Waals surface area contributed by atoms with Crippen molar-refractivity contribution in [1.29, 1.82) is 0 Å². The van der Waals surface area contributed by atoms with Crippen LogP contribution in [0.1, 0.15) is 30.0 Å². The summed E-state index contributed by atoms with van der Waals surface area (Å²) < 4.78 is 10.3. The molecule has 1 amide bonds. The molecular weight excluding hydrogens is 360 g/mol. The van der Waals surface area contributed by atoms with E-state index in [1.807, 2.05) is 6.92 Å². The number of furan rings is 1. The number of nitrogens with zero attached hydrogens (tertiary/aromatic N) is 1. The molecule has 0 saturated heterocycles. The smallest absolute Gasteiger partial charge is 0.251 e. The lowest BCUT2D eigenvalue weighted by Crippen LogP contribution is -2.42. The van der Waals surface area contributed by atoms with Crippen LogP contribution in [0.15, 0.2) is 52.1 Å². The van der Waals surface area contributed by atoms with Gasteiger partial charge in [0.2, 0.25) is 0 Å². The largest absolute Gasteiger partial charge is 0.497 e. The highest BCUT2D eigenvalue weighted by Crippen LogP contribution is 2.20. The molecule has 1 aromatic carbocycles. The van der Waals surface area contributed by atoms with Gasteiger partial charge in [-0.2, -0.15) is 0 Å². The number of carbonyl (C=O) groups excluding carboxylic acids is 1. The summed E-state index contributed by atoms with van der Waals surface area (Å²) in [4.78, 5) is 16.5. The molecule has 0 aliphatic carbocycles. The Morgan fingerprint density at radius 2 is 1.89 bits per heavy atom. The van der Waals surface area contributed by atoms with Crippen molar-refractivity contribution in [1.82, 2.24) is 16.0 Å². The molecule has 2 rings (SSSR count). The number of guanidine groups is 1. The molecule has 2 aromatic rings. The van der Waals surface area contributed by atoms with Gasteiger partial charge in [-0.3, -0.25) is 4.79 Å². The van der Waals surface area contributed by atoms with Gasteiger partial charge in [-0.15, -0.1) is 0 Å². The highest BCUT2D eigenvalue weighted by Gasteiger charge is 2.26. The number of aliphatic hydroxyl groups is 1. The van der Waals surface area contributed by atoms with Gasteiger partial charge < -0.3 is 30.2 Å². The first kappa shape index (κ1) is 21.3. The molecule has 0 bridgehead atoms. The van der Waals surface area contributed by atoms with Gasteiger partial charge in [-0.25, -0.2) is 4.99 Å². The Bertz CT molecular complexity index is 755. The monoisotopic (exact) mass is 388 g/mol. The van der Waals surface area contributed by atoms with Crippen molar-refractivity contribution in [2.75, 3.05) is 33.3 Å². The summed E-state index contributed by atoms with van der Waals surface area (Å²) >= 11 is 0. The number of carbonyl (C=O) groups is 1. The van der Waals surface area contributed by atoms with E-state index >= 15 is 0 Å². The van der Waals surface area contributed by atoms with Crippen molar-refractivity contribution < 1.29 is 19.1 Å². The summed E-state index contributed by atoms with van der Waals surface area (Å²) in [7, 11) is 1.58. The average Bonchev–Trinajstić information content (AvgIpc) is 3.25. The Morgan fingerprint density at radius 1 is 1.18 bits per heavy atom. The molecule has 8 nitrogen and oxygen atoms in total. The summed E-state index contributed by atoms with van der Waals surface area (Å²) in [5.74, 6) is 1.55. The van der Waals surface area contributed by atoms with Crippen LogP contribution in [0.3, 0.4) is 0 Å². The lowest BCUT2D eigenvalue weighted by molar-refractivity contribution is 0.0437. The molecule has 0 aliphatic heterocycles. The average molecular weight is 388 g/mol. The molecule has 1 aromatic heterocycles. The minimum absolute atomic E-state index is 0.133. The molecule has 4 N–H and O–H groups in total. The van der Waals surface area contributed by atoms with Crippen LogP contribution >= 0.6 is 0 Å². The first-order chi connectivity index (χ1) is 13.5. The van der Waals surface area contributed by atoms with Crippen molar-refractivity contribution in [2.24, 2.45) is 4.99 Å². The molecule has 28 heavy (non-hydrogen) atoms. The van der Waals surface area contributed by atoms with Crippen LogP contribution in [-0.4, -0.2) is 50.3 Å². The third kappa shape index (κ3) is 6.31. The van der Waals surface area contributed by atoms with Gasteiger partial charge in [-0.1, -0.05) is 0 Å². The van der Waals surface area contributed by atoms with Crippen LogP contribution in [0.4, 0.5) is 0 Å². The molecule has 1 heterocycles. The maximum Gasteiger partial charge on any atom is 0.251 e. The van der Waals surface area contributed by atoms with Gasteiger partial charge in [0.05, 0.1) is 19.9 Å². The quantitative estimate of drug-likeness (QED) is 0.294. The van der Waals surface area contributed by atoms with Crippen molar-refractivity contribution in [3.63, 3.8) is 0 Å². The lowest BCUT2D eigenvalue weighted by Gasteiger charge is -2.19. The highest BCUT2D eigenvalue weighted by molar-refractivity contribution is 5.94. The fourth-order valence-electron chi connectivity index (χ4n) is 2.44. The van der Waals surface area contributed by atoms with Crippen LogP contribution in [0.2, 0.25) is 0 Å². The summed E-state index contributed by atoms with van der Waals surface area (Å²) in [5, 5.41) is 19.5. The molecule has 1 unspecified atom stereocenters. The second-order valence-corrected chi connectivity index (χ2v) is 6.36. The number of hydrogen-bond donors (Lipinski definition) is 4. The van der Waals surface area contributed by atoms with E-state index in [4.69, 9.17) is 9.15 Å². The molecule has 0 aliphatic rings. The number of hydrogen-bond acceptors (Lipinski definition) is 5. The first-order valence-corrected chi connectivity index (χ1v) is 9.17. The fourth-order valence-corrected chi connectivity index (χ4v) is 2.44. The van der Waals surface area contributed by atoms with Crippen molar-refractivity contribution in [2.45, 2.75) is 19.4 Å². The number of amides is 1. The number of rotatable bonds is 9. The second kappa shape index (κ2) is 10.4. The molecule has 0 fully saturated rings. The summed E-state index contributed by atoms with van der Waals surface area (Å²) in [6, 6.07) is 10.3. The number of methoxy groups -OCH3 is 1. The van der Waals surface area contributed by atoms with Gasteiger partial charge >= 0.3 is 0 Å². The van der Waals surface area contributed by atoms with E-state index in [0.717, 1.165) is 0 Å². The van der Waals surface area contributed by atoms with Gasteiger partial charge in [-0.05, 0) is 50.2 Å². The summed E-state index contributed by atoms with van der Waals surface area (Å²) in [5.41, 5.74) is -0.634. The third-order valence-electron chi connectivity index (χ3n) is 4.00. The van der Waals surface area contributed by atoms with E-state index in [0.29, 0.717) is 42.7 Å². The van der Waals surface area contributed by atoms with E-state index in [-0.39, 0.29) is 12.5 Å². The molecule has 0 radical (unpaired) electrons. The van der Waals surface area contributed by atoms with Crippen LogP contribution in [0, 0.1) is 0 Å². The Kier molecular flexibility index (Phi) is 7.88. The predicted octanol–water partition coefficient (Wildman–Crippen LogP) is 1.48. The van der Waals surface area contributed by atoms with E-state index in [2.05, 4.69) is 20.9 Å². The van der Waals surface area contributed by atoms with Crippen molar-refractivity contribution >= 4 is 11.9 Å². The topological polar surface area (TPSA) is 108 Å². The SMILES string of the molecule is CCNC(=NCC(C)(O)c1ccco1)NCCNC(=O)c1ccc(OC)cc1. The van der Waals surface area contributed by atoms with E-state index < -0.39 is 5.60 Å². The number of nitrogens with one attached hydrogen (secondary N) is 3. The molecular formula is C20H28N4O4. The first-order valence-electron chi connectivity index (χ1n) is 9.17. The molecule has 8 heteroatoms. The predicted molar refractivity (Wildman–Crippen MR) is 108 cm³/mol. The molecule has 152 valence electrons. The Balaban J connectivity index is 1.81. The Hall–Kier alpha value is -3.00. The van der Waals surface area contributed by atoms with E-state index in [1.165, 1.54) is 6.26 Å². The Labute approximate surface area is 165 Å². The zero-order valence-corrected chi connectivity index (χ0v) is 16.5. The maximum atomic E-state index is 12.1. The maximum absolute atomic E-state index is 12.1. The van der Waals surface area contributed by atoms with Crippen LogP contribution in [0.25, 0.3) is 0 Å². The van der Waals surface area contributed by atoms with Gasteiger partial charge in [0, 0.05) is 25.2 Å². The number of aliphatic imine (C=N–C) groups is 1. The summed E-state index contributed by atoms with van der Waals surface area (Å²) in [6.07, 6.45) is 1.52. The van der Waals surface area contributed by atoms with Crippen LogP contribution in [-0.2, 0) is 5.60 Å². The molecule has 0 saturated carbocycles. The zero-order chi connectivity index (χ0) is 20.4. The fraction of sp³-hybridized carbons (Fsp3) is 0.400. The normalized spacial score (nSPS) is 13.5. The second-order valence-electron chi connectivity index (χ2n) is 6.36. The van der Waals surface area contributed by atoms with E-state index in [1.54, 1.807) is 50.4 Å². The third-order valence-corrected chi connectivity index (χ3v) is 4.00. The molecule has 0 spiro atoms. The molecule has 1 atom stereocenters. The van der Waals surface area contributed by atoms with Crippen LogP contribution < -0.4 is 20.7 Å². The van der Waals surface area contributed by atoms with Crippen LogP contribution in [0.5, 0.6) is 5.75 Å². The minimum Gasteiger partial charge on any atom is -0.497 e. The minimum atomic E-state index is -1.20. The summed E-state index contributed by atoms with van der Waals surface area (Å²) in [6.45, 7) is 5.31. The van der Waals surface area contributed by atoms with E-state index in [9.17, 15) is 9.90 Å². The van der Waals surface area contributed by atoms with Gasteiger partial charge in [0.15, 0.2) is 5.96 Å². The highest BCUT2D eigenvalue weighted by atomic mass is 16.5. The number of benzene rings is 1. The van der Waals surface area contributed by atoms with Crippen molar-refractivity contribution in [3.05, 3.63) is 54.0 Å². The standard InChI is InChI=1S/C20H28N4O4/c1-4-21-19(24-14-20(2,26)17-6-5-13-28-17)23-12-11-22-18(25)15-7-9-16(27-3)10-8-15/h5-10,13,26H,4,11-12,14H2,1-3H3,(H,22,25)(H2,21,23,24).